The molecule has 0 aliphatic heterocycles. The van der Waals surface area contributed by atoms with E-state index in [1.165, 1.54) is 12.1 Å². The Balaban J connectivity index is 1.64. The fraction of sp³-hybridized carbons (Fsp3) is 0.217. The lowest BCUT2D eigenvalue weighted by molar-refractivity contribution is -0.137. The molecule has 162 valence electrons. The molecule has 2 aromatic carbocycles. The minimum absolute atomic E-state index is 0.262. The van der Waals surface area contributed by atoms with Crippen LogP contribution in [0.2, 0.25) is 0 Å². The second-order valence-electron chi connectivity index (χ2n) is 6.77. The first-order valence-electron chi connectivity index (χ1n) is 9.63. The smallest absolute Gasteiger partial charge is 0.416 e. The van der Waals surface area contributed by atoms with E-state index in [2.05, 4.69) is 15.6 Å². The average Bonchev–Trinajstić information content (AvgIpc) is 2.78. The van der Waals surface area contributed by atoms with E-state index in [0.717, 1.165) is 17.7 Å². The zero-order valence-corrected chi connectivity index (χ0v) is 16.8. The predicted octanol–water partition coefficient (Wildman–Crippen LogP) is 4.74. The van der Waals surface area contributed by atoms with Crippen LogP contribution in [-0.2, 0) is 12.6 Å². The van der Waals surface area contributed by atoms with Crippen LogP contribution in [0.15, 0.2) is 72.9 Å². The minimum atomic E-state index is -4.37. The van der Waals surface area contributed by atoms with Gasteiger partial charge in [0.25, 0.3) is 0 Å². The van der Waals surface area contributed by atoms with Gasteiger partial charge in [-0.25, -0.2) is 4.79 Å². The van der Waals surface area contributed by atoms with Crippen molar-refractivity contribution in [1.29, 1.82) is 0 Å². The highest BCUT2D eigenvalue weighted by molar-refractivity contribution is 5.75. The van der Waals surface area contributed by atoms with Gasteiger partial charge in [0.15, 0.2) is 0 Å². The van der Waals surface area contributed by atoms with Gasteiger partial charge in [-0.3, -0.25) is 4.98 Å². The summed E-state index contributed by atoms with van der Waals surface area (Å²) in [7, 11) is 1.55. The molecule has 0 saturated heterocycles. The van der Waals surface area contributed by atoms with Crippen LogP contribution in [0.3, 0.4) is 0 Å². The maximum atomic E-state index is 12.7. The predicted molar refractivity (Wildman–Crippen MR) is 111 cm³/mol. The molecule has 1 aromatic heterocycles. The number of para-hydroxylation sites is 1. The van der Waals surface area contributed by atoms with Gasteiger partial charge in [-0.05, 0) is 42.3 Å². The molecule has 2 amide bonds. The second-order valence-corrected chi connectivity index (χ2v) is 6.77. The molecule has 0 radical (unpaired) electrons. The number of nitrogens with zero attached hydrogens (tertiary/aromatic N) is 1. The van der Waals surface area contributed by atoms with Crippen LogP contribution in [-0.4, -0.2) is 24.7 Å². The van der Waals surface area contributed by atoms with Crippen molar-refractivity contribution in [2.75, 3.05) is 13.7 Å². The van der Waals surface area contributed by atoms with Gasteiger partial charge in [-0.2, -0.15) is 13.2 Å². The largest absolute Gasteiger partial charge is 0.496 e. The number of carbonyl (C=O) groups excluding carboxylic acids is 1. The second kappa shape index (κ2) is 9.97. The maximum absolute atomic E-state index is 12.7. The Morgan fingerprint density at radius 3 is 2.39 bits per heavy atom. The van der Waals surface area contributed by atoms with E-state index in [0.29, 0.717) is 23.4 Å². The number of urea groups is 1. The lowest BCUT2D eigenvalue weighted by Gasteiger charge is -2.21. The number of aromatic nitrogens is 1. The number of benzene rings is 2. The van der Waals surface area contributed by atoms with Crippen molar-refractivity contribution in [3.8, 4) is 5.75 Å². The van der Waals surface area contributed by atoms with Crippen molar-refractivity contribution in [3.05, 3.63) is 95.3 Å². The number of ether oxygens (including phenoxy) is 1. The molecule has 8 heteroatoms. The number of hydrogen-bond acceptors (Lipinski definition) is 3. The third-order valence-corrected chi connectivity index (χ3v) is 4.69. The number of halogens is 3. The van der Waals surface area contributed by atoms with E-state index < -0.39 is 23.8 Å². The van der Waals surface area contributed by atoms with E-state index in [1.54, 1.807) is 31.5 Å². The van der Waals surface area contributed by atoms with Gasteiger partial charge in [0.1, 0.15) is 11.8 Å². The van der Waals surface area contributed by atoms with Crippen LogP contribution in [0, 0.1) is 0 Å². The van der Waals surface area contributed by atoms with Crippen LogP contribution < -0.4 is 15.4 Å². The number of rotatable bonds is 7. The molecule has 2 N–H and O–H groups in total. The van der Waals surface area contributed by atoms with Gasteiger partial charge in [-0.15, -0.1) is 0 Å². The Kier molecular flexibility index (Phi) is 7.12. The number of alkyl halides is 3. The zero-order chi connectivity index (χ0) is 22.3. The van der Waals surface area contributed by atoms with Gasteiger partial charge in [0.05, 0.1) is 18.4 Å². The fourth-order valence-corrected chi connectivity index (χ4v) is 3.13. The third kappa shape index (κ3) is 5.97. The number of amides is 2. The van der Waals surface area contributed by atoms with Crippen LogP contribution in [0.1, 0.15) is 28.4 Å². The number of pyridine rings is 1. The molecule has 1 atom stereocenters. The third-order valence-electron chi connectivity index (χ3n) is 4.69. The monoisotopic (exact) mass is 429 g/mol. The van der Waals surface area contributed by atoms with Crippen LogP contribution >= 0.6 is 0 Å². The lowest BCUT2D eigenvalue weighted by atomic mass is 10.0. The summed E-state index contributed by atoms with van der Waals surface area (Å²) in [6, 6.07) is 16.7. The molecule has 1 unspecified atom stereocenters. The number of nitrogens with one attached hydrogen (secondary N) is 2. The number of hydrogen-bond donors (Lipinski definition) is 2. The SMILES string of the molecule is COc1ccccc1C(NC(=O)NCCc1ccc(C(F)(F)F)cc1)c1ccccn1. The van der Waals surface area contributed by atoms with Gasteiger partial charge in [0, 0.05) is 18.3 Å². The van der Waals surface area contributed by atoms with Crippen molar-refractivity contribution >= 4 is 6.03 Å². The van der Waals surface area contributed by atoms with Crippen LogP contribution in [0.5, 0.6) is 5.75 Å². The molecule has 0 spiro atoms. The first-order chi connectivity index (χ1) is 14.9. The Morgan fingerprint density at radius 2 is 1.74 bits per heavy atom. The number of methoxy groups -OCH3 is 1. The molecule has 5 nitrogen and oxygen atoms in total. The summed E-state index contributed by atoms with van der Waals surface area (Å²) in [6.07, 6.45) is -2.33. The minimum Gasteiger partial charge on any atom is -0.496 e. The summed E-state index contributed by atoms with van der Waals surface area (Å²) in [6.45, 7) is 0.262. The van der Waals surface area contributed by atoms with Crippen molar-refractivity contribution < 1.29 is 22.7 Å². The normalized spacial score (nSPS) is 12.1. The molecule has 3 aromatic rings. The molecular formula is C23H22F3N3O2. The summed E-state index contributed by atoms with van der Waals surface area (Å²) < 4.78 is 43.4. The first-order valence-corrected chi connectivity index (χ1v) is 9.63. The van der Waals surface area contributed by atoms with E-state index in [9.17, 15) is 18.0 Å². The topological polar surface area (TPSA) is 63.2 Å². The van der Waals surface area contributed by atoms with Gasteiger partial charge in [-0.1, -0.05) is 36.4 Å². The first kappa shape index (κ1) is 22.1. The van der Waals surface area contributed by atoms with E-state index >= 15 is 0 Å². The van der Waals surface area contributed by atoms with Crippen molar-refractivity contribution in [2.45, 2.75) is 18.6 Å². The number of carbonyl (C=O) groups is 1. The molecular weight excluding hydrogens is 407 g/mol. The summed E-state index contributed by atoms with van der Waals surface area (Å²) >= 11 is 0. The summed E-state index contributed by atoms with van der Waals surface area (Å²) in [5.41, 5.74) is 1.39. The van der Waals surface area contributed by atoms with E-state index in [4.69, 9.17) is 4.74 Å². The van der Waals surface area contributed by atoms with Gasteiger partial charge >= 0.3 is 12.2 Å². The van der Waals surface area contributed by atoms with Gasteiger partial charge < -0.3 is 15.4 Å². The molecule has 0 bridgehead atoms. The standard InChI is InChI=1S/C23H22F3N3O2/c1-31-20-8-3-2-6-18(20)21(19-7-4-5-14-27-19)29-22(30)28-15-13-16-9-11-17(12-10-16)23(24,25)26/h2-12,14,21H,13,15H2,1H3,(H2,28,29,30). The van der Waals surface area contributed by atoms with Gasteiger partial charge in [0.2, 0.25) is 0 Å². The maximum Gasteiger partial charge on any atom is 0.416 e. The molecule has 0 saturated carbocycles. The molecule has 31 heavy (non-hydrogen) atoms. The highest BCUT2D eigenvalue weighted by atomic mass is 19.4. The zero-order valence-electron chi connectivity index (χ0n) is 16.8. The highest BCUT2D eigenvalue weighted by Gasteiger charge is 2.29. The Morgan fingerprint density at radius 1 is 1.03 bits per heavy atom. The fourth-order valence-electron chi connectivity index (χ4n) is 3.13. The Labute approximate surface area is 178 Å². The van der Waals surface area contributed by atoms with E-state index in [-0.39, 0.29) is 6.54 Å². The summed E-state index contributed by atoms with van der Waals surface area (Å²) in [4.78, 5) is 16.9. The Hall–Kier alpha value is -3.55. The van der Waals surface area contributed by atoms with Crippen molar-refractivity contribution in [1.82, 2.24) is 15.6 Å². The van der Waals surface area contributed by atoms with Crippen LogP contribution in [0.4, 0.5) is 18.0 Å². The van der Waals surface area contributed by atoms with Crippen molar-refractivity contribution in [2.24, 2.45) is 0 Å². The van der Waals surface area contributed by atoms with Crippen molar-refractivity contribution in [3.63, 3.8) is 0 Å². The Bertz CT molecular complexity index is 993. The summed E-state index contributed by atoms with van der Waals surface area (Å²) in [5.74, 6) is 0.614. The average molecular weight is 429 g/mol. The lowest BCUT2D eigenvalue weighted by Crippen LogP contribution is -2.39. The quantitative estimate of drug-likeness (QED) is 0.570. The summed E-state index contributed by atoms with van der Waals surface area (Å²) in [5, 5.41) is 5.64. The molecule has 0 aliphatic carbocycles. The highest BCUT2D eigenvalue weighted by Crippen LogP contribution is 2.30. The van der Waals surface area contributed by atoms with Crippen LogP contribution in [0.25, 0.3) is 0 Å². The molecule has 3 rings (SSSR count). The molecule has 0 aliphatic rings. The molecule has 1 heterocycles. The molecule has 0 fully saturated rings. The van der Waals surface area contributed by atoms with E-state index in [1.807, 2.05) is 24.3 Å².